The van der Waals surface area contributed by atoms with Gasteiger partial charge in [-0.15, -0.1) is 0 Å². The Morgan fingerprint density at radius 2 is 1.39 bits per heavy atom. The molecule has 0 unspecified atom stereocenters. The first-order valence-corrected chi connectivity index (χ1v) is 11.1. The van der Waals surface area contributed by atoms with E-state index in [1.807, 2.05) is 0 Å². The number of para-hydroxylation sites is 1. The molecule has 3 heterocycles. The molecule has 3 aromatic carbocycles. The van der Waals surface area contributed by atoms with Gasteiger partial charge in [-0.1, -0.05) is 74.5 Å². The Morgan fingerprint density at radius 1 is 0.742 bits per heavy atom. The average Bonchev–Trinajstić information content (AvgIpc) is 3.38. The van der Waals surface area contributed by atoms with Crippen LogP contribution in [0.4, 0.5) is 0 Å². The topological polar surface area (TPSA) is 22.2 Å². The molecule has 3 nitrogen and oxygen atoms in total. The van der Waals surface area contributed by atoms with Crippen LogP contribution in [0.2, 0.25) is 0 Å². The molecule has 0 radical (unpaired) electrons. The highest BCUT2D eigenvalue weighted by molar-refractivity contribution is 6.22. The number of imidazole rings is 1. The molecular formula is C28H25N3. The van der Waals surface area contributed by atoms with E-state index in [4.69, 9.17) is 4.98 Å². The lowest BCUT2D eigenvalue weighted by Crippen LogP contribution is -2.01. The van der Waals surface area contributed by atoms with E-state index in [1.54, 1.807) is 0 Å². The van der Waals surface area contributed by atoms with Crippen molar-refractivity contribution >= 4 is 38.4 Å². The highest BCUT2D eigenvalue weighted by atomic mass is 15.1. The molecular weight excluding hydrogens is 378 g/mol. The number of aromatic nitrogens is 3. The van der Waals surface area contributed by atoms with E-state index < -0.39 is 0 Å². The van der Waals surface area contributed by atoms with Crippen LogP contribution in [0.3, 0.4) is 0 Å². The number of aryl methyl sites for hydroxylation is 3. The fourth-order valence-corrected chi connectivity index (χ4v) is 5.31. The van der Waals surface area contributed by atoms with Gasteiger partial charge in [0.1, 0.15) is 11.3 Å². The maximum absolute atomic E-state index is 4.99. The number of fused-ring (bicyclic) bond motifs is 8. The third-order valence-electron chi connectivity index (χ3n) is 6.74. The minimum atomic E-state index is 1.00. The summed E-state index contributed by atoms with van der Waals surface area (Å²) in [6.45, 7) is 4.48. The van der Waals surface area contributed by atoms with Crippen molar-refractivity contribution in [2.75, 3.05) is 0 Å². The standard InChI is InChI=1S/C28H25N3/c1-4-18-11-10-12-19(5-2)25(18)24-17-29-27-21-14-7-6-13-20(21)26-22-15-8-9-16-23(22)30(3)28(26)31(24)27/h6-17H,4-5H2,1-3H3. The molecule has 152 valence electrons. The minimum absolute atomic E-state index is 1.00. The molecule has 0 aliphatic heterocycles. The number of pyridine rings is 1. The van der Waals surface area contributed by atoms with E-state index >= 15 is 0 Å². The van der Waals surface area contributed by atoms with Crippen molar-refractivity contribution in [2.45, 2.75) is 26.7 Å². The van der Waals surface area contributed by atoms with Crippen LogP contribution < -0.4 is 0 Å². The van der Waals surface area contributed by atoms with E-state index in [1.165, 1.54) is 55.1 Å². The zero-order valence-corrected chi connectivity index (χ0v) is 18.2. The van der Waals surface area contributed by atoms with Crippen LogP contribution in [0.5, 0.6) is 0 Å². The molecule has 0 saturated carbocycles. The molecule has 0 saturated heterocycles. The highest BCUT2D eigenvalue weighted by Gasteiger charge is 2.21. The van der Waals surface area contributed by atoms with E-state index in [0.717, 1.165) is 18.5 Å². The Labute approximate surface area is 181 Å². The number of nitrogens with zero attached hydrogens (tertiary/aromatic N) is 3. The van der Waals surface area contributed by atoms with E-state index in [0.29, 0.717) is 0 Å². The van der Waals surface area contributed by atoms with Crippen LogP contribution in [0.25, 0.3) is 49.6 Å². The molecule has 3 heteroatoms. The largest absolute Gasteiger partial charge is 0.329 e. The Morgan fingerprint density at radius 3 is 2.10 bits per heavy atom. The van der Waals surface area contributed by atoms with Crippen LogP contribution in [-0.2, 0) is 19.9 Å². The number of rotatable bonds is 3. The van der Waals surface area contributed by atoms with Crippen molar-refractivity contribution in [3.8, 4) is 11.3 Å². The first kappa shape index (κ1) is 18.2. The lowest BCUT2D eigenvalue weighted by atomic mass is 9.95. The summed E-state index contributed by atoms with van der Waals surface area (Å²) in [7, 11) is 2.18. The molecule has 0 aliphatic rings. The maximum Gasteiger partial charge on any atom is 0.146 e. The Hall–Kier alpha value is -3.59. The molecule has 0 amide bonds. The summed E-state index contributed by atoms with van der Waals surface area (Å²) in [5.74, 6) is 0. The molecule has 0 bridgehead atoms. The van der Waals surface area contributed by atoms with Crippen molar-refractivity contribution in [1.82, 2.24) is 14.0 Å². The van der Waals surface area contributed by atoms with Gasteiger partial charge in [0.05, 0.1) is 17.4 Å². The number of hydrogen-bond acceptors (Lipinski definition) is 1. The quantitative estimate of drug-likeness (QED) is 0.314. The van der Waals surface area contributed by atoms with Gasteiger partial charge in [0.2, 0.25) is 0 Å². The summed E-state index contributed by atoms with van der Waals surface area (Å²) >= 11 is 0. The summed E-state index contributed by atoms with van der Waals surface area (Å²) in [5.41, 5.74) is 8.75. The molecule has 0 fully saturated rings. The summed E-state index contributed by atoms with van der Waals surface area (Å²) in [4.78, 5) is 4.99. The number of benzene rings is 3. The van der Waals surface area contributed by atoms with Crippen molar-refractivity contribution in [3.63, 3.8) is 0 Å². The lowest BCUT2D eigenvalue weighted by Gasteiger charge is -2.15. The third kappa shape index (κ3) is 2.37. The first-order valence-electron chi connectivity index (χ1n) is 11.1. The smallest absolute Gasteiger partial charge is 0.146 e. The van der Waals surface area contributed by atoms with Gasteiger partial charge in [0.25, 0.3) is 0 Å². The fraction of sp³-hybridized carbons (Fsp3) is 0.179. The second kappa shape index (κ2) is 6.71. The molecule has 0 spiro atoms. The van der Waals surface area contributed by atoms with Crippen LogP contribution in [0.15, 0.2) is 72.9 Å². The van der Waals surface area contributed by atoms with Gasteiger partial charge in [-0.3, -0.25) is 4.40 Å². The summed E-state index contributed by atoms with van der Waals surface area (Å²) in [6, 6.07) is 24.1. The SMILES string of the molecule is CCc1cccc(CC)c1-c1cnc2c3ccccc3c3c4ccccc4n(C)c3n12. The Balaban J connectivity index is 1.92. The lowest BCUT2D eigenvalue weighted by molar-refractivity contribution is 0.973. The predicted octanol–water partition coefficient (Wildman–Crippen LogP) is 6.92. The van der Waals surface area contributed by atoms with Crippen molar-refractivity contribution < 1.29 is 0 Å². The van der Waals surface area contributed by atoms with Crippen molar-refractivity contribution in [3.05, 3.63) is 84.1 Å². The van der Waals surface area contributed by atoms with Gasteiger partial charge >= 0.3 is 0 Å². The zero-order valence-electron chi connectivity index (χ0n) is 18.2. The van der Waals surface area contributed by atoms with E-state index in [-0.39, 0.29) is 0 Å². The maximum atomic E-state index is 4.99. The minimum Gasteiger partial charge on any atom is -0.329 e. The van der Waals surface area contributed by atoms with Crippen LogP contribution in [-0.4, -0.2) is 14.0 Å². The predicted molar refractivity (Wildman–Crippen MR) is 131 cm³/mol. The molecule has 6 rings (SSSR count). The average molecular weight is 404 g/mol. The van der Waals surface area contributed by atoms with Crippen molar-refractivity contribution in [2.24, 2.45) is 7.05 Å². The number of hydrogen-bond donors (Lipinski definition) is 0. The Bertz CT molecular complexity index is 1590. The highest BCUT2D eigenvalue weighted by Crippen LogP contribution is 2.39. The van der Waals surface area contributed by atoms with E-state index in [9.17, 15) is 0 Å². The second-order valence-electron chi connectivity index (χ2n) is 8.28. The first-order chi connectivity index (χ1) is 15.2. The monoisotopic (exact) mass is 403 g/mol. The summed E-state index contributed by atoms with van der Waals surface area (Å²) in [5, 5.41) is 5.05. The molecule has 0 atom stereocenters. The van der Waals surface area contributed by atoms with Crippen molar-refractivity contribution in [1.29, 1.82) is 0 Å². The normalized spacial score (nSPS) is 12.0. The fourth-order valence-electron chi connectivity index (χ4n) is 5.31. The molecule has 0 N–H and O–H groups in total. The molecule has 3 aromatic heterocycles. The van der Waals surface area contributed by atoms with Gasteiger partial charge in [0.15, 0.2) is 0 Å². The van der Waals surface area contributed by atoms with Crippen LogP contribution in [0.1, 0.15) is 25.0 Å². The third-order valence-corrected chi connectivity index (χ3v) is 6.74. The van der Waals surface area contributed by atoms with Gasteiger partial charge in [0, 0.05) is 28.8 Å². The summed E-state index contributed by atoms with van der Waals surface area (Å²) in [6.07, 6.45) is 4.08. The Kier molecular flexibility index (Phi) is 3.94. The molecule has 6 aromatic rings. The molecule has 31 heavy (non-hydrogen) atoms. The zero-order chi connectivity index (χ0) is 21.1. The van der Waals surface area contributed by atoms with E-state index in [2.05, 4.69) is 103 Å². The van der Waals surface area contributed by atoms with Gasteiger partial charge in [-0.05, 0) is 35.4 Å². The van der Waals surface area contributed by atoms with Crippen LogP contribution in [0, 0.1) is 0 Å². The van der Waals surface area contributed by atoms with Gasteiger partial charge in [-0.2, -0.15) is 0 Å². The molecule has 0 aliphatic carbocycles. The van der Waals surface area contributed by atoms with Crippen LogP contribution >= 0.6 is 0 Å². The second-order valence-corrected chi connectivity index (χ2v) is 8.28. The van der Waals surface area contributed by atoms with Gasteiger partial charge in [-0.25, -0.2) is 4.98 Å². The van der Waals surface area contributed by atoms with Gasteiger partial charge < -0.3 is 4.57 Å². The summed E-state index contributed by atoms with van der Waals surface area (Å²) < 4.78 is 4.72.